The summed E-state index contributed by atoms with van der Waals surface area (Å²) < 4.78 is 10.1. The van der Waals surface area contributed by atoms with E-state index in [9.17, 15) is 9.59 Å². The Morgan fingerprint density at radius 1 is 1.04 bits per heavy atom. The summed E-state index contributed by atoms with van der Waals surface area (Å²) in [5, 5.41) is 0. The van der Waals surface area contributed by atoms with Crippen LogP contribution in [0.5, 0.6) is 0 Å². The van der Waals surface area contributed by atoms with Crippen LogP contribution in [0, 0.1) is 11.5 Å². The van der Waals surface area contributed by atoms with Crippen molar-refractivity contribution in [2.75, 3.05) is 13.2 Å². The normalized spacial score (nSPS) is 10.7. The highest BCUT2D eigenvalue weighted by Crippen LogP contribution is 2.23. The summed E-state index contributed by atoms with van der Waals surface area (Å²) >= 11 is 0. The molecule has 1 aromatic rings. The van der Waals surface area contributed by atoms with Crippen molar-refractivity contribution in [3.8, 4) is 11.5 Å². The van der Waals surface area contributed by atoms with E-state index in [0.29, 0.717) is 11.1 Å². The summed E-state index contributed by atoms with van der Waals surface area (Å²) in [7, 11) is -1.58. The quantitative estimate of drug-likeness (QED) is 0.360. The van der Waals surface area contributed by atoms with Gasteiger partial charge in [0.15, 0.2) is 5.92 Å². The lowest BCUT2D eigenvalue weighted by Crippen LogP contribution is -2.27. The summed E-state index contributed by atoms with van der Waals surface area (Å²) in [5.41, 5.74) is 4.46. The number of esters is 2. The number of carbonyl (C=O) groups excluding carboxylic acids is 2. The number of ether oxygens (including phenoxy) is 2. The molecule has 1 aromatic carbocycles. The van der Waals surface area contributed by atoms with Crippen LogP contribution in [0.25, 0.3) is 0 Å². The van der Waals surface area contributed by atoms with Gasteiger partial charge < -0.3 is 9.47 Å². The maximum absolute atomic E-state index is 12.3. The zero-order chi connectivity index (χ0) is 17.5. The molecule has 0 bridgehead atoms. The minimum absolute atomic E-state index is 0.206. The van der Waals surface area contributed by atoms with E-state index < -0.39 is 25.9 Å². The van der Waals surface area contributed by atoms with E-state index in [-0.39, 0.29) is 13.2 Å². The van der Waals surface area contributed by atoms with Gasteiger partial charge in [0.2, 0.25) is 0 Å². The van der Waals surface area contributed by atoms with Crippen LogP contribution in [0.3, 0.4) is 0 Å². The van der Waals surface area contributed by atoms with Gasteiger partial charge in [0.1, 0.15) is 8.07 Å². The highest BCUT2D eigenvalue weighted by atomic mass is 28.3. The molecule has 0 heterocycles. The van der Waals surface area contributed by atoms with Gasteiger partial charge in [-0.15, -0.1) is 5.54 Å². The molecule has 0 aliphatic carbocycles. The Morgan fingerprint density at radius 3 is 2.04 bits per heavy atom. The molecule has 0 saturated heterocycles. The van der Waals surface area contributed by atoms with Crippen LogP contribution in [0.15, 0.2) is 24.3 Å². The molecule has 1 rings (SSSR count). The van der Waals surface area contributed by atoms with Crippen LogP contribution in [-0.4, -0.2) is 33.2 Å². The lowest BCUT2D eigenvalue weighted by atomic mass is 9.94. The molecule has 0 N–H and O–H groups in total. The van der Waals surface area contributed by atoms with Gasteiger partial charge in [-0.05, 0) is 25.5 Å². The first-order valence-corrected chi connectivity index (χ1v) is 11.3. The van der Waals surface area contributed by atoms with Crippen molar-refractivity contribution in [1.29, 1.82) is 0 Å². The number of carbonyl (C=O) groups is 2. The van der Waals surface area contributed by atoms with E-state index in [0.717, 1.165) is 0 Å². The third-order valence-electron chi connectivity index (χ3n) is 2.89. The molecular weight excluding hydrogens is 308 g/mol. The molecule has 0 aliphatic heterocycles. The van der Waals surface area contributed by atoms with Crippen LogP contribution >= 0.6 is 0 Å². The van der Waals surface area contributed by atoms with Gasteiger partial charge in [-0.2, -0.15) is 0 Å². The summed E-state index contributed by atoms with van der Waals surface area (Å²) in [5.74, 6) is 0.821. The Labute approximate surface area is 139 Å². The van der Waals surface area contributed by atoms with E-state index in [1.165, 1.54) is 0 Å². The molecule has 4 nitrogen and oxygen atoms in total. The van der Waals surface area contributed by atoms with Gasteiger partial charge in [0.25, 0.3) is 0 Å². The van der Waals surface area contributed by atoms with Crippen molar-refractivity contribution in [2.24, 2.45) is 0 Å². The molecule has 0 aliphatic rings. The zero-order valence-electron chi connectivity index (χ0n) is 14.4. The van der Waals surface area contributed by atoms with Gasteiger partial charge >= 0.3 is 11.9 Å². The van der Waals surface area contributed by atoms with Crippen LogP contribution in [-0.2, 0) is 19.1 Å². The predicted octanol–water partition coefficient (Wildman–Crippen LogP) is 3.13. The molecule has 0 fully saturated rings. The third kappa shape index (κ3) is 5.91. The van der Waals surface area contributed by atoms with Gasteiger partial charge in [0, 0.05) is 5.56 Å². The zero-order valence-corrected chi connectivity index (χ0v) is 15.4. The van der Waals surface area contributed by atoms with Crippen molar-refractivity contribution in [1.82, 2.24) is 0 Å². The monoisotopic (exact) mass is 332 g/mol. The number of hydrogen-bond donors (Lipinski definition) is 0. The molecule has 124 valence electrons. The highest BCUT2D eigenvalue weighted by molar-refractivity contribution is 6.83. The standard InChI is InChI=1S/C18H24O4Si/c1-6-21-17(19)16(18(20)22-7-2)15-11-9-8-10-14(15)12-13-23(3,4)5/h8-11,16H,6-7H2,1-5H3. The number of benzene rings is 1. The maximum atomic E-state index is 12.3. The molecule has 0 unspecified atom stereocenters. The summed E-state index contributed by atoms with van der Waals surface area (Å²) in [6.45, 7) is 10.2. The first-order chi connectivity index (χ1) is 10.8. The van der Waals surface area contributed by atoms with Gasteiger partial charge in [-0.3, -0.25) is 9.59 Å². The smallest absolute Gasteiger partial charge is 0.324 e. The molecule has 0 radical (unpaired) electrons. The SMILES string of the molecule is CCOC(=O)C(C(=O)OCC)c1ccccc1C#C[Si](C)(C)C. The summed E-state index contributed by atoms with van der Waals surface area (Å²) in [6.07, 6.45) is 0. The van der Waals surface area contributed by atoms with Crippen LogP contribution in [0.4, 0.5) is 0 Å². The highest BCUT2D eigenvalue weighted by Gasteiger charge is 2.33. The van der Waals surface area contributed by atoms with E-state index in [4.69, 9.17) is 9.47 Å². The van der Waals surface area contributed by atoms with E-state index in [1.54, 1.807) is 26.0 Å². The van der Waals surface area contributed by atoms with Crippen molar-refractivity contribution >= 4 is 20.0 Å². The molecule has 5 heteroatoms. The Morgan fingerprint density at radius 2 is 1.57 bits per heavy atom. The average Bonchev–Trinajstić information content (AvgIpc) is 2.46. The fourth-order valence-electron chi connectivity index (χ4n) is 1.92. The first kappa shape index (κ1) is 19.0. The van der Waals surface area contributed by atoms with Crippen molar-refractivity contribution in [3.05, 3.63) is 35.4 Å². The lowest BCUT2D eigenvalue weighted by molar-refractivity contribution is -0.156. The maximum Gasteiger partial charge on any atom is 0.324 e. The average molecular weight is 332 g/mol. The number of hydrogen-bond acceptors (Lipinski definition) is 4. The Kier molecular flexibility index (Phi) is 7.05. The van der Waals surface area contributed by atoms with E-state index in [1.807, 2.05) is 12.1 Å². The molecule has 0 saturated carbocycles. The molecular formula is C18H24O4Si. The summed E-state index contributed by atoms with van der Waals surface area (Å²) in [4.78, 5) is 24.5. The van der Waals surface area contributed by atoms with Crippen LogP contribution in [0.2, 0.25) is 19.6 Å². The van der Waals surface area contributed by atoms with Gasteiger partial charge in [-0.1, -0.05) is 43.8 Å². The van der Waals surface area contributed by atoms with Crippen molar-refractivity contribution in [2.45, 2.75) is 39.4 Å². The summed E-state index contributed by atoms with van der Waals surface area (Å²) in [6, 6.07) is 7.16. The Balaban J connectivity index is 3.33. The first-order valence-electron chi connectivity index (χ1n) is 7.75. The minimum Gasteiger partial charge on any atom is -0.465 e. The third-order valence-corrected chi connectivity index (χ3v) is 3.76. The Hall–Kier alpha value is -2.06. The second kappa shape index (κ2) is 8.54. The molecule has 0 spiro atoms. The van der Waals surface area contributed by atoms with Gasteiger partial charge in [0.05, 0.1) is 13.2 Å². The predicted molar refractivity (Wildman–Crippen MR) is 92.7 cm³/mol. The van der Waals surface area contributed by atoms with Gasteiger partial charge in [-0.25, -0.2) is 0 Å². The van der Waals surface area contributed by atoms with Crippen molar-refractivity contribution < 1.29 is 19.1 Å². The molecule has 23 heavy (non-hydrogen) atoms. The lowest BCUT2D eigenvalue weighted by Gasteiger charge is -2.16. The largest absolute Gasteiger partial charge is 0.465 e. The Bertz CT molecular complexity index is 602. The second-order valence-electron chi connectivity index (χ2n) is 6.02. The van der Waals surface area contributed by atoms with E-state index in [2.05, 4.69) is 31.1 Å². The molecule has 0 atom stereocenters. The fraction of sp³-hybridized carbons (Fsp3) is 0.444. The van der Waals surface area contributed by atoms with Crippen molar-refractivity contribution in [3.63, 3.8) is 0 Å². The number of rotatable bonds is 5. The fourth-order valence-corrected chi connectivity index (χ4v) is 2.43. The van der Waals surface area contributed by atoms with Crippen LogP contribution in [0.1, 0.15) is 30.9 Å². The van der Waals surface area contributed by atoms with Crippen LogP contribution < -0.4 is 0 Å². The van der Waals surface area contributed by atoms with E-state index >= 15 is 0 Å². The molecule has 0 amide bonds. The molecule has 0 aromatic heterocycles. The topological polar surface area (TPSA) is 52.6 Å². The second-order valence-corrected chi connectivity index (χ2v) is 10.8. The minimum atomic E-state index is -1.58.